The van der Waals surface area contributed by atoms with Crippen molar-refractivity contribution >= 4 is 17.5 Å². The van der Waals surface area contributed by atoms with Crippen LogP contribution in [0, 0.1) is 5.82 Å². The molecule has 82 valence electrons. The van der Waals surface area contributed by atoms with E-state index in [9.17, 15) is 9.18 Å². The second-order valence-corrected chi connectivity index (χ2v) is 3.65. The molecule has 3 nitrogen and oxygen atoms in total. The molecule has 1 rings (SSSR count). The predicted octanol–water partition coefficient (Wildman–Crippen LogP) is 1.44. The van der Waals surface area contributed by atoms with E-state index in [4.69, 9.17) is 17.3 Å². The molecule has 1 aromatic rings. The summed E-state index contributed by atoms with van der Waals surface area (Å²) >= 11 is 5.80. The van der Waals surface area contributed by atoms with Crippen LogP contribution in [0.5, 0.6) is 0 Å². The van der Waals surface area contributed by atoms with E-state index in [2.05, 4.69) is 5.32 Å². The zero-order valence-corrected chi connectivity index (χ0v) is 9.01. The Morgan fingerprint density at radius 2 is 2.33 bits per heavy atom. The molecule has 1 amide bonds. The van der Waals surface area contributed by atoms with Gasteiger partial charge in [-0.05, 0) is 24.6 Å². The van der Waals surface area contributed by atoms with Gasteiger partial charge < -0.3 is 11.1 Å². The Kier molecular flexibility index (Phi) is 4.05. The highest BCUT2D eigenvalue weighted by Gasteiger charge is 2.08. The van der Waals surface area contributed by atoms with Crippen LogP contribution in [0.25, 0.3) is 0 Å². The van der Waals surface area contributed by atoms with Crippen molar-refractivity contribution in [3.63, 3.8) is 0 Å². The van der Waals surface area contributed by atoms with Gasteiger partial charge in [-0.15, -0.1) is 0 Å². The van der Waals surface area contributed by atoms with Crippen LogP contribution in [0.1, 0.15) is 12.5 Å². The molecule has 0 bridgehead atoms. The van der Waals surface area contributed by atoms with E-state index in [-0.39, 0.29) is 5.82 Å². The van der Waals surface area contributed by atoms with Gasteiger partial charge in [-0.1, -0.05) is 17.7 Å². The average Bonchev–Trinajstić information content (AvgIpc) is 2.15. The first-order chi connectivity index (χ1) is 7.00. The summed E-state index contributed by atoms with van der Waals surface area (Å²) in [4.78, 5) is 10.7. The number of amides is 1. The molecule has 0 aliphatic carbocycles. The smallest absolute Gasteiger partial charge is 0.234 e. The van der Waals surface area contributed by atoms with Crippen molar-refractivity contribution in [2.45, 2.75) is 19.5 Å². The molecule has 1 atom stereocenters. The Morgan fingerprint density at radius 3 is 2.87 bits per heavy atom. The van der Waals surface area contributed by atoms with Crippen LogP contribution in [-0.4, -0.2) is 11.9 Å². The fraction of sp³-hybridized carbons (Fsp3) is 0.300. The maximum Gasteiger partial charge on any atom is 0.234 e. The van der Waals surface area contributed by atoms with Crippen LogP contribution in [0.3, 0.4) is 0 Å². The molecule has 0 saturated heterocycles. The second kappa shape index (κ2) is 5.09. The fourth-order valence-corrected chi connectivity index (χ4v) is 1.26. The summed E-state index contributed by atoms with van der Waals surface area (Å²) in [5, 5.41) is 3.21. The zero-order chi connectivity index (χ0) is 11.4. The molecule has 0 aromatic heterocycles. The summed E-state index contributed by atoms with van der Waals surface area (Å²) in [5.41, 5.74) is 5.80. The van der Waals surface area contributed by atoms with Gasteiger partial charge in [0.15, 0.2) is 0 Å². The molecular formula is C10H12ClFN2O. The Bertz CT molecular complexity index is 370. The lowest BCUT2D eigenvalue weighted by Gasteiger charge is -2.10. The highest BCUT2D eigenvalue weighted by Crippen LogP contribution is 2.16. The monoisotopic (exact) mass is 230 g/mol. The lowest BCUT2D eigenvalue weighted by atomic mass is 10.2. The molecule has 0 spiro atoms. The number of rotatable bonds is 4. The van der Waals surface area contributed by atoms with Gasteiger partial charge in [0.2, 0.25) is 5.91 Å². The van der Waals surface area contributed by atoms with Crippen LogP contribution in [0.2, 0.25) is 5.02 Å². The SMILES string of the molecule is CC(NCc1ccc(F)cc1Cl)C(N)=O. The number of nitrogens with two attached hydrogens (primary N) is 1. The summed E-state index contributed by atoms with van der Waals surface area (Å²) in [7, 11) is 0. The lowest BCUT2D eigenvalue weighted by molar-refractivity contribution is -0.119. The van der Waals surface area contributed by atoms with Crippen molar-refractivity contribution in [2.75, 3.05) is 0 Å². The first-order valence-electron chi connectivity index (χ1n) is 4.47. The number of carbonyl (C=O) groups is 1. The minimum atomic E-state index is -0.439. The van der Waals surface area contributed by atoms with E-state index >= 15 is 0 Å². The summed E-state index contributed by atoms with van der Waals surface area (Å²) in [6, 6.07) is 3.68. The molecule has 0 radical (unpaired) electrons. The Balaban J connectivity index is 2.62. The van der Waals surface area contributed by atoms with Crippen molar-refractivity contribution < 1.29 is 9.18 Å². The molecule has 15 heavy (non-hydrogen) atoms. The second-order valence-electron chi connectivity index (χ2n) is 3.24. The van der Waals surface area contributed by atoms with Gasteiger partial charge >= 0.3 is 0 Å². The number of nitrogens with one attached hydrogen (secondary N) is 1. The Morgan fingerprint density at radius 1 is 1.67 bits per heavy atom. The summed E-state index contributed by atoms with van der Waals surface area (Å²) < 4.78 is 12.7. The van der Waals surface area contributed by atoms with Crippen molar-refractivity contribution in [3.8, 4) is 0 Å². The summed E-state index contributed by atoms with van der Waals surface area (Å²) in [5.74, 6) is -0.820. The van der Waals surface area contributed by atoms with Gasteiger partial charge in [0.25, 0.3) is 0 Å². The highest BCUT2D eigenvalue weighted by atomic mass is 35.5. The van der Waals surface area contributed by atoms with E-state index in [1.165, 1.54) is 12.1 Å². The number of primary amides is 1. The van der Waals surface area contributed by atoms with E-state index in [1.807, 2.05) is 0 Å². The van der Waals surface area contributed by atoms with Crippen LogP contribution < -0.4 is 11.1 Å². The largest absolute Gasteiger partial charge is 0.368 e. The standard InChI is InChI=1S/C10H12ClFN2O/c1-6(10(13)15)14-5-7-2-3-8(12)4-9(7)11/h2-4,6,14H,5H2,1H3,(H2,13,15). The topological polar surface area (TPSA) is 55.1 Å². The lowest BCUT2D eigenvalue weighted by Crippen LogP contribution is -2.38. The summed E-state index contributed by atoms with van der Waals surface area (Å²) in [6.45, 7) is 2.03. The van der Waals surface area contributed by atoms with Crippen molar-refractivity contribution in [2.24, 2.45) is 5.73 Å². The molecule has 5 heteroatoms. The quantitative estimate of drug-likeness (QED) is 0.823. The number of hydrogen-bond acceptors (Lipinski definition) is 2. The number of benzene rings is 1. The molecule has 1 aromatic carbocycles. The maximum absolute atomic E-state index is 12.7. The molecular weight excluding hydrogens is 219 g/mol. The third-order valence-corrected chi connectivity index (χ3v) is 2.39. The molecule has 0 aliphatic rings. The first-order valence-corrected chi connectivity index (χ1v) is 4.85. The van der Waals surface area contributed by atoms with E-state index < -0.39 is 11.9 Å². The predicted molar refractivity (Wildman–Crippen MR) is 56.9 cm³/mol. The molecule has 0 fully saturated rings. The molecule has 0 aliphatic heterocycles. The zero-order valence-electron chi connectivity index (χ0n) is 8.26. The molecule has 3 N–H and O–H groups in total. The van der Waals surface area contributed by atoms with E-state index in [1.54, 1.807) is 13.0 Å². The number of hydrogen-bond donors (Lipinski definition) is 2. The maximum atomic E-state index is 12.7. The minimum Gasteiger partial charge on any atom is -0.368 e. The van der Waals surface area contributed by atoms with Gasteiger partial charge in [0.1, 0.15) is 5.82 Å². The molecule has 1 unspecified atom stereocenters. The van der Waals surface area contributed by atoms with Gasteiger partial charge in [0.05, 0.1) is 6.04 Å². The van der Waals surface area contributed by atoms with Gasteiger partial charge in [-0.25, -0.2) is 4.39 Å². The Hall–Kier alpha value is -1.13. The summed E-state index contributed by atoms with van der Waals surface area (Å²) in [6.07, 6.45) is 0. The van der Waals surface area contributed by atoms with Gasteiger partial charge in [-0.2, -0.15) is 0 Å². The van der Waals surface area contributed by atoms with Crippen LogP contribution in [-0.2, 0) is 11.3 Å². The van der Waals surface area contributed by atoms with Gasteiger partial charge in [0, 0.05) is 11.6 Å². The number of halogens is 2. The van der Waals surface area contributed by atoms with Crippen LogP contribution in [0.15, 0.2) is 18.2 Å². The Labute approximate surface area is 92.4 Å². The minimum absolute atomic E-state index is 0.333. The van der Waals surface area contributed by atoms with Crippen molar-refractivity contribution in [1.82, 2.24) is 5.32 Å². The van der Waals surface area contributed by atoms with E-state index in [0.29, 0.717) is 11.6 Å². The van der Waals surface area contributed by atoms with Gasteiger partial charge in [-0.3, -0.25) is 4.79 Å². The van der Waals surface area contributed by atoms with Crippen LogP contribution in [0.4, 0.5) is 4.39 Å². The average molecular weight is 231 g/mol. The third-order valence-electron chi connectivity index (χ3n) is 2.04. The normalized spacial score (nSPS) is 12.5. The fourth-order valence-electron chi connectivity index (χ4n) is 1.03. The highest BCUT2D eigenvalue weighted by molar-refractivity contribution is 6.31. The number of carbonyl (C=O) groups excluding carboxylic acids is 1. The van der Waals surface area contributed by atoms with Crippen LogP contribution >= 0.6 is 11.6 Å². The van der Waals surface area contributed by atoms with Crippen molar-refractivity contribution in [3.05, 3.63) is 34.6 Å². The van der Waals surface area contributed by atoms with E-state index in [0.717, 1.165) is 5.56 Å². The van der Waals surface area contributed by atoms with Crippen molar-refractivity contribution in [1.29, 1.82) is 0 Å². The molecule has 0 heterocycles. The third kappa shape index (κ3) is 3.49. The molecule has 0 saturated carbocycles. The first kappa shape index (κ1) is 11.9.